The molecule has 140 valence electrons. The minimum absolute atomic E-state index is 0.321. The first-order valence-corrected chi connectivity index (χ1v) is 8.88. The van der Waals surface area contributed by atoms with Crippen molar-refractivity contribution in [1.29, 1.82) is 0 Å². The lowest BCUT2D eigenvalue weighted by atomic mass is 10.0. The molecule has 2 aromatic heterocycles. The third-order valence-corrected chi connectivity index (χ3v) is 4.35. The number of anilines is 1. The van der Waals surface area contributed by atoms with Crippen molar-refractivity contribution < 1.29 is 19.0 Å². The minimum atomic E-state index is -0.321. The average molecular weight is 386 g/mol. The van der Waals surface area contributed by atoms with E-state index in [-0.39, 0.29) is 5.91 Å². The molecule has 0 saturated heterocycles. The molecule has 0 aliphatic rings. The lowest BCUT2D eigenvalue weighted by molar-refractivity contribution is 0.102. The van der Waals surface area contributed by atoms with Crippen molar-refractivity contribution >= 4 is 22.4 Å². The number of carbonyl (C=O) groups is 1. The Morgan fingerprint density at radius 2 is 1.96 bits per heavy atom. The lowest BCUT2D eigenvalue weighted by Crippen LogP contribution is -2.13. The number of nitrogens with one attached hydrogen (secondary N) is 1. The van der Waals surface area contributed by atoms with Crippen molar-refractivity contribution in [2.24, 2.45) is 0 Å². The van der Waals surface area contributed by atoms with Gasteiger partial charge in [0, 0.05) is 30.6 Å². The van der Waals surface area contributed by atoms with E-state index in [0.717, 1.165) is 16.9 Å². The number of hydrogen-bond donors (Lipinski definition) is 1. The normalized spacial score (nSPS) is 10.4. The number of hydrogen-bond acceptors (Lipinski definition) is 8. The zero-order chi connectivity index (χ0) is 19.1. The van der Waals surface area contributed by atoms with Crippen molar-refractivity contribution in [2.75, 3.05) is 32.8 Å². The third-order valence-electron chi connectivity index (χ3n) is 3.60. The fourth-order valence-corrected chi connectivity index (χ4v) is 2.98. The van der Waals surface area contributed by atoms with E-state index in [1.165, 1.54) is 0 Å². The monoisotopic (exact) mass is 386 g/mol. The van der Waals surface area contributed by atoms with Crippen molar-refractivity contribution in [3.8, 4) is 22.1 Å². The third kappa shape index (κ3) is 4.57. The van der Waals surface area contributed by atoms with E-state index in [0.29, 0.717) is 40.4 Å². The molecule has 0 atom stereocenters. The molecule has 1 aromatic carbocycles. The molecule has 2 heterocycles. The molecule has 0 radical (unpaired) electrons. The summed E-state index contributed by atoms with van der Waals surface area (Å²) in [7, 11) is 3.17. The van der Waals surface area contributed by atoms with Gasteiger partial charge in [0.05, 0.1) is 19.3 Å². The van der Waals surface area contributed by atoms with E-state index >= 15 is 0 Å². The van der Waals surface area contributed by atoms with Crippen molar-refractivity contribution in [2.45, 2.75) is 0 Å². The number of aromatic nitrogens is 3. The van der Waals surface area contributed by atoms with Crippen LogP contribution in [0.1, 0.15) is 10.4 Å². The summed E-state index contributed by atoms with van der Waals surface area (Å²) in [6.45, 7) is 0.807. The Labute approximate surface area is 160 Å². The van der Waals surface area contributed by atoms with Crippen LogP contribution in [0, 0.1) is 0 Å². The fourth-order valence-electron chi connectivity index (χ4n) is 2.37. The lowest BCUT2D eigenvalue weighted by Gasteiger charge is -2.11. The van der Waals surface area contributed by atoms with Crippen LogP contribution in [0.3, 0.4) is 0 Å². The maximum atomic E-state index is 12.8. The number of carbonyl (C=O) groups excluding carboxylic acids is 1. The Balaban J connectivity index is 1.80. The molecule has 1 N–H and O–H groups in total. The zero-order valence-electron chi connectivity index (χ0n) is 14.8. The molecule has 0 spiro atoms. The van der Waals surface area contributed by atoms with Gasteiger partial charge in [-0.05, 0) is 23.5 Å². The maximum Gasteiger partial charge on any atom is 0.295 e. The van der Waals surface area contributed by atoms with Crippen LogP contribution in [0.15, 0.2) is 42.7 Å². The van der Waals surface area contributed by atoms with Crippen LogP contribution in [0.2, 0.25) is 0 Å². The zero-order valence-corrected chi connectivity index (χ0v) is 15.7. The van der Waals surface area contributed by atoms with Gasteiger partial charge in [-0.25, -0.2) is 0 Å². The first-order chi connectivity index (χ1) is 13.2. The van der Waals surface area contributed by atoms with Crippen LogP contribution in [0.5, 0.6) is 10.9 Å². The van der Waals surface area contributed by atoms with E-state index in [1.807, 2.05) is 24.3 Å². The summed E-state index contributed by atoms with van der Waals surface area (Å²) >= 11 is 1.14. The number of para-hydroxylation sites is 1. The van der Waals surface area contributed by atoms with Gasteiger partial charge in [0.1, 0.15) is 12.4 Å². The number of rotatable bonds is 8. The van der Waals surface area contributed by atoms with Gasteiger partial charge in [-0.1, -0.05) is 23.3 Å². The van der Waals surface area contributed by atoms with Crippen molar-refractivity contribution in [3.63, 3.8) is 0 Å². The molecular formula is C18H18N4O4S. The van der Waals surface area contributed by atoms with Crippen LogP contribution < -0.4 is 14.8 Å². The van der Waals surface area contributed by atoms with Crippen LogP contribution >= 0.6 is 11.3 Å². The number of ether oxygens (including phenoxy) is 3. The fraction of sp³-hybridized carbons (Fsp3) is 0.222. The number of nitrogens with zero attached hydrogens (tertiary/aromatic N) is 3. The Hall–Kier alpha value is -3.04. The molecule has 3 aromatic rings. The number of pyridine rings is 1. The van der Waals surface area contributed by atoms with E-state index in [2.05, 4.69) is 20.5 Å². The van der Waals surface area contributed by atoms with Gasteiger partial charge < -0.3 is 14.2 Å². The van der Waals surface area contributed by atoms with Crippen LogP contribution in [0.4, 0.5) is 5.13 Å². The first kappa shape index (κ1) is 18.7. The van der Waals surface area contributed by atoms with E-state index in [9.17, 15) is 4.79 Å². The Morgan fingerprint density at radius 3 is 2.78 bits per heavy atom. The predicted molar refractivity (Wildman–Crippen MR) is 101 cm³/mol. The number of benzene rings is 1. The standard InChI is InChI=1S/C18H18N4O4S/c1-24-9-10-26-18-22-21-17(27-18)20-16(23)13-7-8-19-11-14(13)12-5-3-4-6-15(12)25-2/h3-8,11H,9-10H2,1-2H3,(H,20,21,23). The Kier molecular flexibility index (Phi) is 6.29. The summed E-state index contributed by atoms with van der Waals surface area (Å²) in [5, 5.41) is 11.3. The molecule has 8 nitrogen and oxygen atoms in total. The summed E-state index contributed by atoms with van der Waals surface area (Å²) in [4.78, 5) is 16.9. The van der Waals surface area contributed by atoms with E-state index in [4.69, 9.17) is 14.2 Å². The molecule has 1 amide bonds. The van der Waals surface area contributed by atoms with Crippen LogP contribution in [-0.4, -0.2) is 48.5 Å². The summed E-state index contributed by atoms with van der Waals surface area (Å²) < 4.78 is 15.7. The van der Waals surface area contributed by atoms with Gasteiger partial charge in [0.15, 0.2) is 0 Å². The Morgan fingerprint density at radius 1 is 1.11 bits per heavy atom. The molecule has 9 heteroatoms. The molecule has 0 saturated carbocycles. The molecule has 0 unspecified atom stereocenters. The number of methoxy groups -OCH3 is 2. The van der Waals surface area contributed by atoms with Gasteiger partial charge in [-0.3, -0.25) is 15.1 Å². The average Bonchev–Trinajstić information content (AvgIpc) is 3.15. The van der Waals surface area contributed by atoms with Gasteiger partial charge in [-0.2, -0.15) is 0 Å². The smallest absolute Gasteiger partial charge is 0.295 e. The summed E-state index contributed by atoms with van der Waals surface area (Å²) in [6, 6.07) is 9.09. The van der Waals surface area contributed by atoms with Crippen molar-refractivity contribution in [3.05, 3.63) is 48.3 Å². The Bertz CT molecular complexity index is 916. The second-order valence-corrected chi connectivity index (χ2v) is 6.23. The van der Waals surface area contributed by atoms with Crippen molar-refractivity contribution in [1.82, 2.24) is 15.2 Å². The molecule has 0 aliphatic heterocycles. The summed E-state index contributed by atoms with van der Waals surface area (Å²) in [5.41, 5.74) is 1.89. The number of amides is 1. The van der Waals surface area contributed by atoms with Crippen LogP contribution in [-0.2, 0) is 4.74 Å². The van der Waals surface area contributed by atoms with Crippen LogP contribution in [0.25, 0.3) is 11.1 Å². The van der Waals surface area contributed by atoms with Gasteiger partial charge in [0.2, 0.25) is 5.13 Å². The van der Waals surface area contributed by atoms with Gasteiger partial charge in [-0.15, -0.1) is 5.10 Å². The predicted octanol–water partition coefficient (Wildman–Crippen LogP) is 2.89. The molecule has 27 heavy (non-hydrogen) atoms. The highest BCUT2D eigenvalue weighted by atomic mass is 32.1. The second-order valence-electron chi connectivity index (χ2n) is 5.29. The minimum Gasteiger partial charge on any atom is -0.496 e. The molecule has 0 aliphatic carbocycles. The maximum absolute atomic E-state index is 12.8. The summed E-state index contributed by atoms with van der Waals surface area (Å²) in [5.74, 6) is 0.335. The highest BCUT2D eigenvalue weighted by molar-refractivity contribution is 7.17. The van der Waals surface area contributed by atoms with E-state index in [1.54, 1.807) is 32.7 Å². The summed E-state index contributed by atoms with van der Waals surface area (Å²) in [6.07, 6.45) is 3.19. The van der Waals surface area contributed by atoms with E-state index < -0.39 is 0 Å². The second kappa shape index (κ2) is 9.06. The highest BCUT2D eigenvalue weighted by Crippen LogP contribution is 2.32. The van der Waals surface area contributed by atoms with Gasteiger partial charge >= 0.3 is 0 Å². The molecule has 3 rings (SSSR count). The molecule has 0 bridgehead atoms. The SMILES string of the molecule is COCCOc1nnc(NC(=O)c2ccncc2-c2ccccc2OC)s1. The van der Waals surface area contributed by atoms with Gasteiger partial charge in [0.25, 0.3) is 11.1 Å². The highest BCUT2D eigenvalue weighted by Gasteiger charge is 2.17. The quantitative estimate of drug-likeness (QED) is 0.595. The largest absolute Gasteiger partial charge is 0.496 e. The first-order valence-electron chi connectivity index (χ1n) is 8.07. The molecule has 0 fully saturated rings. The topological polar surface area (TPSA) is 95.5 Å². The molecular weight excluding hydrogens is 368 g/mol.